The van der Waals surface area contributed by atoms with Crippen LogP contribution >= 0.6 is 0 Å². The van der Waals surface area contributed by atoms with E-state index in [1.807, 2.05) is 30.3 Å². The lowest BCUT2D eigenvalue weighted by Crippen LogP contribution is -2.55. The molecule has 1 fully saturated rings. The summed E-state index contributed by atoms with van der Waals surface area (Å²) in [5, 5.41) is 0. The maximum absolute atomic E-state index is 15.1. The molecule has 2 aromatic rings. The fourth-order valence-corrected chi connectivity index (χ4v) is 4.70. The van der Waals surface area contributed by atoms with E-state index in [0.717, 1.165) is 10.5 Å². The molecule has 1 saturated heterocycles. The lowest BCUT2D eigenvalue weighted by atomic mass is 9.78. The van der Waals surface area contributed by atoms with Gasteiger partial charge in [-0.1, -0.05) is 56.3 Å². The molecule has 4 rings (SSSR count). The number of piperidine rings is 1. The minimum Gasteiger partial charge on any atom is -0.298 e. The number of hydrogen-bond acceptors (Lipinski definition) is 3. The highest BCUT2D eigenvalue weighted by Gasteiger charge is 2.52. The molecule has 30 heavy (non-hydrogen) atoms. The van der Waals surface area contributed by atoms with Crippen LogP contribution in [0, 0.1) is 17.8 Å². The Hall–Kier alpha value is -2.60. The van der Waals surface area contributed by atoms with E-state index in [9.17, 15) is 9.59 Å². The average Bonchev–Trinajstić information content (AvgIpc) is 2.96. The van der Waals surface area contributed by atoms with Crippen LogP contribution in [0.25, 0.3) is 0 Å². The van der Waals surface area contributed by atoms with Crippen LogP contribution in [0.5, 0.6) is 0 Å². The number of likely N-dealkylation sites (tertiary alicyclic amines) is 1. The number of benzene rings is 2. The molecule has 3 atom stereocenters. The molecule has 0 N–H and O–H groups in total. The summed E-state index contributed by atoms with van der Waals surface area (Å²) in [5.74, 6) is -5.90. The molecule has 2 heterocycles. The third kappa shape index (κ3) is 3.65. The van der Waals surface area contributed by atoms with Crippen molar-refractivity contribution >= 4 is 11.8 Å². The van der Waals surface area contributed by atoms with Crippen molar-refractivity contribution in [3.63, 3.8) is 0 Å². The van der Waals surface area contributed by atoms with Gasteiger partial charge >= 0.3 is 0 Å². The number of alkyl halides is 2. The standard InChI is InChI=1S/C24H26F2N2O2/c1-16(12-28-22(29)19-10-6-7-11-20(19)23(28)30)21-15-27(13-17(2)24(21,25)26)14-18-8-4-3-5-9-18/h3-11,16-17,21H,12-15H2,1-2H3. The van der Waals surface area contributed by atoms with Gasteiger partial charge in [0.1, 0.15) is 0 Å². The molecule has 0 radical (unpaired) electrons. The van der Waals surface area contributed by atoms with Crippen LogP contribution in [-0.4, -0.2) is 47.2 Å². The van der Waals surface area contributed by atoms with E-state index in [4.69, 9.17) is 0 Å². The molecule has 0 saturated carbocycles. The largest absolute Gasteiger partial charge is 0.298 e. The second-order valence-corrected chi connectivity index (χ2v) is 8.61. The number of imide groups is 1. The van der Waals surface area contributed by atoms with Gasteiger partial charge in [-0.25, -0.2) is 8.78 Å². The van der Waals surface area contributed by atoms with Crippen molar-refractivity contribution in [2.24, 2.45) is 17.8 Å². The molecule has 158 valence electrons. The fraction of sp³-hybridized carbons (Fsp3) is 0.417. The van der Waals surface area contributed by atoms with Crippen molar-refractivity contribution in [1.29, 1.82) is 0 Å². The van der Waals surface area contributed by atoms with Gasteiger partial charge in [0.2, 0.25) is 0 Å². The summed E-state index contributed by atoms with van der Waals surface area (Å²) in [6.45, 7) is 4.46. The van der Waals surface area contributed by atoms with E-state index in [2.05, 4.69) is 4.90 Å². The maximum atomic E-state index is 15.1. The lowest BCUT2D eigenvalue weighted by molar-refractivity contribution is -0.162. The van der Waals surface area contributed by atoms with Crippen molar-refractivity contribution < 1.29 is 18.4 Å². The number of amides is 2. The fourth-order valence-electron chi connectivity index (χ4n) is 4.70. The smallest absolute Gasteiger partial charge is 0.261 e. The molecule has 2 aromatic carbocycles. The second kappa shape index (κ2) is 7.91. The summed E-state index contributed by atoms with van der Waals surface area (Å²) in [6.07, 6.45) is 0. The van der Waals surface area contributed by atoms with Gasteiger partial charge in [0.25, 0.3) is 17.7 Å². The first-order valence-electron chi connectivity index (χ1n) is 10.4. The lowest BCUT2D eigenvalue weighted by Gasteiger charge is -2.45. The van der Waals surface area contributed by atoms with Crippen molar-refractivity contribution in [2.75, 3.05) is 19.6 Å². The Morgan fingerprint density at radius 3 is 2.13 bits per heavy atom. The summed E-state index contributed by atoms with van der Waals surface area (Å²) in [7, 11) is 0. The zero-order chi connectivity index (χ0) is 21.5. The first kappa shape index (κ1) is 20.7. The predicted molar refractivity (Wildman–Crippen MR) is 110 cm³/mol. The first-order valence-corrected chi connectivity index (χ1v) is 10.4. The molecule has 2 aliphatic rings. The van der Waals surface area contributed by atoms with Crippen LogP contribution in [0.3, 0.4) is 0 Å². The van der Waals surface area contributed by atoms with Crippen LogP contribution < -0.4 is 0 Å². The third-order valence-corrected chi connectivity index (χ3v) is 6.42. The molecule has 4 nitrogen and oxygen atoms in total. The molecule has 0 aliphatic carbocycles. The number of rotatable bonds is 5. The zero-order valence-electron chi connectivity index (χ0n) is 17.2. The van der Waals surface area contributed by atoms with E-state index in [-0.39, 0.29) is 13.1 Å². The van der Waals surface area contributed by atoms with Gasteiger partial charge in [0.05, 0.1) is 11.1 Å². The van der Waals surface area contributed by atoms with Gasteiger partial charge < -0.3 is 0 Å². The van der Waals surface area contributed by atoms with Crippen LogP contribution in [-0.2, 0) is 6.54 Å². The van der Waals surface area contributed by atoms with Gasteiger partial charge in [-0.3, -0.25) is 19.4 Å². The summed E-state index contributed by atoms with van der Waals surface area (Å²) in [6, 6.07) is 16.4. The topological polar surface area (TPSA) is 40.6 Å². The van der Waals surface area contributed by atoms with Crippen molar-refractivity contribution in [3.05, 3.63) is 71.3 Å². The van der Waals surface area contributed by atoms with Gasteiger partial charge in [0.15, 0.2) is 0 Å². The van der Waals surface area contributed by atoms with Crippen LogP contribution in [0.2, 0.25) is 0 Å². The molecular formula is C24H26F2N2O2. The number of hydrogen-bond donors (Lipinski definition) is 0. The first-order chi connectivity index (χ1) is 14.3. The van der Waals surface area contributed by atoms with Crippen molar-refractivity contribution in [3.8, 4) is 0 Å². The summed E-state index contributed by atoms with van der Waals surface area (Å²) >= 11 is 0. The number of carbonyl (C=O) groups excluding carboxylic acids is 2. The van der Waals surface area contributed by atoms with Gasteiger partial charge in [0, 0.05) is 38.0 Å². The van der Waals surface area contributed by atoms with Gasteiger partial charge in [-0.15, -0.1) is 0 Å². The van der Waals surface area contributed by atoms with E-state index in [1.54, 1.807) is 38.1 Å². The molecule has 0 spiro atoms. The molecular weight excluding hydrogens is 386 g/mol. The Balaban J connectivity index is 1.51. The van der Waals surface area contributed by atoms with Crippen LogP contribution in [0.4, 0.5) is 8.78 Å². The minimum atomic E-state index is -2.86. The summed E-state index contributed by atoms with van der Waals surface area (Å²) in [5.41, 5.74) is 1.79. The monoisotopic (exact) mass is 412 g/mol. The highest BCUT2D eigenvalue weighted by atomic mass is 19.3. The molecule has 2 amide bonds. The van der Waals surface area contributed by atoms with E-state index in [1.165, 1.54) is 0 Å². The molecule has 2 aliphatic heterocycles. The zero-order valence-corrected chi connectivity index (χ0v) is 17.2. The Kier molecular flexibility index (Phi) is 5.45. The molecule has 0 bridgehead atoms. The van der Waals surface area contributed by atoms with Gasteiger partial charge in [-0.05, 0) is 23.6 Å². The van der Waals surface area contributed by atoms with E-state index >= 15 is 8.78 Å². The highest BCUT2D eigenvalue weighted by molar-refractivity contribution is 6.21. The number of carbonyl (C=O) groups is 2. The quantitative estimate of drug-likeness (QED) is 0.687. The van der Waals surface area contributed by atoms with Crippen molar-refractivity contribution in [1.82, 2.24) is 9.80 Å². The minimum absolute atomic E-state index is 0.00149. The molecule has 3 unspecified atom stereocenters. The number of fused-ring (bicyclic) bond motifs is 1. The number of halogens is 2. The maximum Gasteiger partial charge on any atom is 0.261 e. The molecule has 6 heteroatoms. The predicted octanol–water partition coefficient (Wildman–Crippen LogP) is 4.32. The Bertz CT molecular complexity index is 912. The Morgan fingerprint density at radius 1 is 0.967 bits per heavy atom. The normalized spacial score (nSPS) is 24.7. The van der Waals surface area contributed by atoms with E-state index < -0.39 is 35.5 Å². The molecule has 0 aromatic heterocycles. The van der Waals surface area contributed by atoms with Crippen LogP contribution in [0.15, 0.2) is 54.6 Å². The Labute approximate surface area is 175 Å². The average molecular weight is 412 g/mol. The third-order valence-electron chi connectivity index (χ3n) is 6.42. The second-order valence-electron chi connectivity index (χ2n) is 8.61. The van der Waals surface area contributed by atoms with E-state index in [0.29, 0.717) is 24.2 Å². The Morgan fingerprint density at radius 2 is 1.53 bits per heavy atom. The number of nitrogens with zero attached hydrogens (tertiary/aromatic N) is 2. The summed E-state index contributed by atoms with van der Waals surface area (Å²) < 4.78 is 30.3. The summed E-state index contributed by atoms with van der Waals surface area (Å²) in [4.78, 5) is 28.5. The van der Waals surface area contributed by atoms with Gasteiger partial charge in [-0.2, -0.15) is 0 Å². The highest BCUT2D eigenvalue weighted by Crippen LogP contribution is 2.42. The van der Waals surface area contributed by atoms with Crippen LogP contribution in [0.1, 0.15) is 40.1 Å². The van der Waals surface area contributed by atoms with Crippen molar-refractivity contribution in [2.45, 2.75) is 26.3 Å². The SMILES string of the molecule is CC(CN1C(=O)c2ccccc2C1=O)C1CN(Cc2ccccc2)CC(C)C1(F)F.